The summed E-state index contributed by atoms with van der Waals surface area (Å²) in [6.45, 7) is 20.0. The highest BCUT2D eigenvalue weighted by Crippen LogP contribution is 2.25. The summed E-state index contributed by atoms with van der Waals surface area (Å²) in [5.41, 5.74) is 0.795. The molecule has 0 N–H and O–H groups in total. The van der Waals surface area contributed by atoms with Crippen LogP contribution in [0.2, 0.25) is 0 Å². The van der Waals surface area contributed by atoms with Crippen LogP contribution < -0.4 is 0 Å². The molecule has 2 unspecified atom stereocenters. The van der Waals surface area contributed by atoms with Gasteiger partial charge in [0.15, 0.2) is 0 Å². The molecule has 0 bridgehead atoms. The van der Waals surface area contributed by atoms with Crippen LogP contribution in [0.1, 0.15) is 68.2 Å². The Labute approximate surface area is 115 Å². The molecule has 0 aromatic rings. The fourth-order valence-electron chi connectivity index (χ4n) is 2.61. The van der Waals surface area contributed by atoms with Gasteiger partial charge in [-0.1, -0.05) is 55.4 Å². The summed E-state index contributed by atoms with van der Waals surface area (Å²) >= 11 is 0. The van der Waals surface area contributed by atoms with Crippen molar-refractivity contribution in [1.29, 1.82) is 0 Å². The normalized spacial score (nSPS) is 17.1. The van der Waals surface area contributed by atoms with Crippen molar-refractivity contribution in [1.82, 2.24) is 0 Å². The minimum atomic E-state index is 0.397. The molecule has 2 heteroatoms. The van der Waals surface area contributed by atoms with E-state index >= 15 is 0 Å². The summed E-state index contributed by atoms with van der Waals surface area (Å²) in [4.78, 5) is 0. The highest BCUT2D eigenvalue weighted by Gasteiger charge is 2.16. The first kappa shape index (κ1) is 17.6. The third kappa shape index (κ3) is 12.1. The summed E-state index contributed by atoms with van der Waals surface area (Å²) in [5, 5.41) is 8.70. The van der Waals surface area contributed by atoms with E-state index in [2.05, 4.69) is 65.6 Å². The van der Waals surface area contributed by atoms with Gasteiger partial charge in [-0.05, 0) is 35.5 Å². The summed E-state index contributed by atoms with van der Waals surface area (Å²) in [5.74, 6) is 1.26. The van der Waals surface area contributed by atoms with Crippen LogP contribution in [0.25, 0.3) is 0 Å². The molecule has 18 heavy (non-hydrogen) atoms. The Hall–Kier alpha value is -0.400. The maximum absolute atomic E-state index is 4.35. The summed E-state index contributed by atoms with van der Waals surface area (Å²) in [7, 11) is 0. The molecule has 0 rings (SSSR count). The molecule has 0 fully saturated rings. The van der Waals surface area contributed by atoms with E-state index in [9.17, 15) is 0 Å². The van der Waals surface area contributed by atoms with Crippen LogP contribution in [0.15, 0.2) is 10.2 Å². The van der Waals surface area contributed by atoms with Crippen LogP contribution in [-0.2, 0) is 0 Å². The van der Waals surface area contributed by atoms with Gasteiger partial charge in [-0.25, -0.2) is 0 Å². The highest BCUT2D eigenvalue weighted by atomic mass is 15.1. The lowest BCUT2D eigenvalue weighted by Gasteiger charge is -2.22. The number of hydrogen-bond acceptors (Lipinski definition) is 2. The minimum absolute atomic E-state index is 0.397. The van der Waals surface area contributed by atoms with Crippen molar-refractivity contribution in [3.63, 3.8) is 0 Å². The quantitative estimate of drug-likeness (QED) is 0.552. The Morgan fingerprint density at radius 2 is 0.944 bits per heavy atom. The van der Waals surface area contributed by atoms with Gasteiger partial charge in [0.05, 0.1) is 13.1 Å². The van der Waals surface area contributed by atoms with Crippen molar-refractivity contribution >= 4 is 0 Å². The van der Waals surface area contributed by atoms with Gasteiger partial charge in [0, 0.05) is 0 Å². The number of hydrogen-bond donors (Lipinski definition) is 0. The van der Waals surface area contributed by atoms with E-state index in [4.69, 9.17) is 0 Å². The molecule has 2 nitrogen and oxygen atoms in total. The molecular formula is C16H34N2. The van der Waals surface area contributed by atoms with Crippen LogP contribution in [-0.4, -0.2) is 13.1 Å². The van der Waals surface area contributed by atoms with Crippen LogP contribution in [0.5, 0.6) is 0 Å². The van der Waals surface area contributed by atoms with Crippen molar-refractivity contribution in [2.75, 3.05) is 13.1 Å². The van der Waals surface area contributed by atoms with Gasteiger partial charge >= 0.3 is 0 Å². The summed E-state index contributed by atoms with van der Waals surface area (Å²) < 4.78 is 0. The third-order valence-electron chi connectivity index (χ3n) is 2.81. The van der Waals surface area contributed by atoms with Crippen LogP contribution in [0.4, 0.5) is 0 Å². The van der Waals surface area contributed by atoms with Crippen molar-refractivity contribution in [3.05, 3.63) is 0 Å². The zero-order valence-electron chi connectivity index (χ0n) is 13.9. The van der Waals surface area contributed by atoms with Gasteiger partial charge in [0.25, 0.3) is 0 Å². The van der Waals surface area contributed by atoms with Gasteiger partial charge in [-0.3, -0.25) is 0 Å². The second kappa shape index (κ2) is 7.25. The standard InChI is InChI=1S/C16H34N2/c1-13(9-15(3,4)5)11-17-18-12-14(2)10-16(6,7)8/h13-14H,9-12H2,1-8H3. The molecule has 0 aliphatic carbocycles. The van der Waals surface area contributed by atoms with Gasteiger partial charge in [-0.15, -0.1) is 0 Å². The van der Waals surface area contributed by atoms with E-state index in [-0.39, 0.29) is 0 Å². The molecule has 0 aromatic heterocycles. The maximum atomic E-state index is 4.35. The average Bonchev–Trinajstić information content (AvgIpc) is 2.06. The maximum Gasteiger partial charge on any atom is 0.0624 e. The van der Waals surface area contributed by atoms with Gasteiger partial charge in [0.2, 0.25) is 0 Å². The monoisotopic (exact) mass is 254 g/mol. The van der Waals surface area contributed by atoms with Gasteiger partial charge in [-0.2, -0.15) is 10.2 Å². The van der Waals surface area contributed by atoms with E-state index in [1.807, 2.05) is 0 Å². The van der Waals surface area contributed by atoms with E-state index in [0.717, 1.165) is 13.1 Å². The average molecular weight is 254 g/mol. The number of azo groups is 1. The second-order valence-electron chi connectivity index (χ2n) is 8.39. The Bertz CT molecular complexity index is 217. The van der Waals surface area contributed by atoms with Crippen LogP contribution in [0.3, 0.4) is 0 Å². The lowest BCUT2D eigenvalue weighted by atomic mass is 9.85. The van der Waals surface area contributed by atoms with Gasteiger partial charge in [0.1, 0.15) is 0 Å². The van der Waals surface area contributed by atoms with Gasteiger partial charge < -0.3 is 0 Å². The first-order chi connectivity index (χ1) is 7.99. The molecular weight excluding hydrogens is 220 g/mol. The number of nitrogens with zero attached hydrogens (tertiary/aromatic N) is 2. The highest BCUT2D eigenvalue weighted by molar-refractivity contribution is 4.69. The van der Waals surface area contributed by atoms with E-state index in [0.29, 0.717) is 22.7 Å². The van der Waals surface area contributed by atoms with Crippen molar-refractivity contribution < 1.29 is 0 Å². The SMILES string of the molecule is CC(CN=NCC(C)CC(C)(C)C)CC(C)(C)C. The Morgan fingerprint density at radius 1 is 0.667 bits per heavy atom. The molecule has 0 spiro atoms. The smallest absolute Gasteiger partial charge is 0.0624 e. The molecule has 0 aliphatic heterocycles. The summed E-state index contributed by atoms with van der Waals surface area (Å²) in [6, 6.07) is 0. The van der Waals surface area contributed by atoms with Crippen molar-refractivity contribution in [2.24, 2.45) is 32.9 Å². The molecule has 108 valence electrons. The Kier molecular flexibility index (Phi) is 7.09. The predicted octanol–water partition coefficient (Wildman–Crippen LogP) is 5.58. The van der Waals surface area contributed by atoms with Crippen molar-refractivity contribution in [3.8, 4) is 0 Å². The molecule has 0 saturated carbocycles. The van der Waals surface area contributed by atoms with E-state index in [1.165, 1.54) is 12.8 Å². The zero-order chi connectivity index (χ0) is 14.4. The molecule has 0 heterocycles. The molecule has 0 aromatic carbocycles. The van der Waals surface area contributed by atoms with E-state index in [1.54, 1.807) is 0 Å². The Balaban J connectivity index is 3.84. The second-order valence-corrected chi connectivity index (χ2v) is 8.39. The zero-order valence-corrected chi connectivity index (χ0v) is 13.9. The van der Waals surface area contributed by atoms with Crippen LogP contribution in [0, 0.1) is 22.7 Å². The molecule has 2 atom stereocenters. The first-order valence-electron chi connectivity index (χ1n) is 7.33. The first-order valence-corrected chi connectivity index (χ1v) is 7.33. The fraction of sp³-hybridized carbons (Fsp3) is 1.00. The fourth-order valence-corrected chi connectivity index (χ4v) is 2.61. The van der Waals surface area contributed by atoms with Crippen molar-refractivity contribution in [2.45, 2.75) is 68.2 Å². The molecule has 0 saturated heterocycles. The van der Waals surface area contributed by atoms with E-state index < -0.39 is 0 Å². The summed E-state index contributed by atoms with van der Waals surface area (Å²) in [6.07, 6.45) is 2.42. The topological polar surface area (TPSA) is 24.7 Å². The molecule has 0 radical (unpaired) electrons. The predicted molar refractivity (Wildman–Crippen MR) is 81.1 cm³/mol. The lowest BCUT2D eigenvalue weighted by Crippen LogP contribution is -2.14. The van der Waals surface area contributed by atoms with Crippen LogP contribution >= 0.6 is 0 Å². The molecule has 0 aliphatic rings. The molecule has 0 amide bonds. The Morgan fingerprint density at radius 3 is 1.17 bits per heavy atom. The minimum Gasteiger partial charge on any atom is -0.194 e. The lowest BCUT2D eigenvalue weighted by molar-refractivity contribution is 0.302. The number of rotatable bonds is 6. The largest absolute Gasteiger partial charge is 0.194 e. The third-order valence-corrected chi connectivity index (χ3v) is 2.81.